The fourth-order valence-corrected chi connectivity index (χ4v) is 5.32. The molecule has 232 valence electrons. The molecule has 0 radical (unpaired) electrons. The Labute approximate surface area is 253 Å². The molecule has 2 aromatic heterocycles. The number of aromatic amines is 2. The standard InChI is InChI=1S/C33H53N7O2/c1-6-18-38(19-7-2)20-8-9-21-39(22-14-33(41)42-28(3)4)24-29-10-12-30(13-11-29)25-40(26-31-34-15-16-35-31)27-32-36-17-23-37(32)5/h10-13,15-17,23,28H,6-9,14,18-22,24-27H2,1-5H3,(H,34,35)/p+1. The number of esters is 1. The van der Waals surface area contributed by atoms with Crippen molar-refractivity contribution in [3.05, 3.63) is 71.8 Å². The van der Waals surface area contributed by atoms with Gasteiger partial charge in [-0.3, -0.25) is 14.6 Å². The summed E-state index contributed by atoms with van der Waals surface area (Å²) in [5, 5.41) is 0. The Kier molecular flexibility index (Phi) is 14.8. The molecule has 3 rings (SSSR count). The van der Waals surface area contributed by atoms with Crippen molar-refractivity contribution in [3.8, 4) is 0 Å². The van der Waals surface area contributed by atoms with E-state index in [1.807, 2.05) is 32.4 Å². The third kappa shape index (κ3) is 12.5. The van der Waals surface area contributed by atoms with Crippen LogP contribution in [0.3, 0.4) is 0 Å². The second-order valence-corrected chi connectivity index (χ2v) is 11.6. The third-order valence-electron chi connectivity index (χ3n) is 7.39. The van der Waals surface area contributed by atoms with E-state index in [9.17, 15) is 4.79 Å². The third-order valence-corrected chi connectivity index (χ3v) is 7.39. The zero-order chi connectivity index (χ0) is 30.2. The lowest BCUT2D eigenvalue weighted by Gasteiger charge is -2.24. The molecule has 3 aromatic rings. The molecule has 2 N–H and O–H groups in total. The number of imidazole rings is 2. The number of benzene rings is 1. The number of carbonyl (C=O) groups is 1. The van der Waals surface area contributed by atoms with Gasteiger partial charge in [0.2, 0.25) is 0 Å². The van der Waals surface area contributed by atoms with Gasteiger partial charge in [0.25, 0.3) is 5.82 Å². The minimum absolute atomic E-state index is 0.0755. The molecule has 0 aliphatic rings. The van der Waals surface area contributed by atoms with Crippen LogP contribution in [0.15, 0.2) is 49.1 Å². The molecule has 42 heavy (non-hydrogen) atoms. The number of aryl methyl sites for hydroxylation is 1. The molecular formula is C33H54N7O2+. The fourth-order valence-electron chi connectivity index (χ4n) is 5.32. The number of aromatic nitrogens is 4. The first kappa shape index (κ1) is 33.5. The average Bonchev–Trinajstić information content (AvgIpc) is 3.62. The summed E-state index contributed by atoms with van der Waals surface area (Å²) < 4.78 is 7.53. The molecule has 0 bridgehead atoms. The van der Waals surface area contributed by atoms with Crippen molar-refractivity contribution in [1.29, 1.82) is 0 Å². The SMILES string of the molecule is CCCN(CCC)CCCCN(CCC(=O)OC(C)C)Cc1ccc(CN(Cc2ncc[nH]2)Cc2[nH]cc[n+]2C)cc1. The molecule has 9 heteroatoms. The number of unbranched alkanes of at least 4 members (excludes halogenated alkanes) is 1. The molecule has 0 amide bonds. The van der Waals surface area contributed by atoms with Gasteiger partial charge in [-0.25, -0.2) is 14.5 Å². The van der Waals surface area contributed by atoms with Gasteiger partial charge in [0.15, 0.2) is 0 Å². The van der Waals surface area contributed by atoms with E-state index in [1.54, 1.807) is 6.20 Å². The highest BCUT2D eigenvalue weighted by Crippen LogP contribution is 2.14. The summed E-state index contributed by atoms with van der Waals surface area (Å²) in [5.74, 6) is 1.99. The molecule has 9 nitrogen and oxygen atoms in total. The molecule has 0 spiro atoms. The van der Waals surface area contributed by atoms with E-state index in [-0.39, 0.29) is 12.1 Å². The summed E-state index contributed by atoms with van der Waals surface area (Å²) in [7, 11) is 2.06. The normalized spacial score (nSPS) is 11.8. The minimum Gasteiger partial charge on any atom is -0.463 e. The van der Waals surface area contributed by atoms with Gasteiger partial charge in [0, 0.05) is 32.0 Å². The largest absolute Gasteiger partial charge is 0.463 e. The van der Waals surface area contributed by atoms with Crippen LogP contribution in [0.2, 0.25) is 0 Å². The fraction of sp³-hybridized carbons (Fsp3) is 0.606. The molecule has 2 heterocycles. The zero-order valence-corrected chi connectivity index (χ0v) is 26.6. The lowest BCUT2D eigenvalue weighted by Crippen LogP contribution is -2.35. The number of carbonyl (C=O) groups excluding carboxylic acids is 1. The second kappa shape index (κ2) is 18.5. The maximum absolute atomic E-state index is 12.3. The van der Waals surface area contributed by atoms with E-state index in [4.69, 9.17) is 4.74 Å². The average molecular weight is 581 g/mol. The van der Waals surface area contributed by atoms with E-state index in [2.05, 4.69) is 79.4 Å². The van der Waals surface area contributed by atoms with E-state index in [0.29, 0.717) is 13.0 Å². The Morgan fingerprint density at radius 2 is 1.48 bits per heavy atom. The van der Waals surface area contributed by atoms with Gasteiger partial charge in [0.1, 0.15) is 24.8 Å². The van der Waals surface area contributed by atoms with Crippen LogP contribution < -0.4 is 4.57 Å². The summed E-state index contributed by atoms with van der Waals surface area (Å²) >= 11 is 0. The molecule has 0 saturated carbocycles. The molecule has 0 fully saturated rings. The molecule has 0 aliphatic heterocycles. The molecule has 0 unspecified atom stereocenters. The number of hydrogen-bond acceptors (Lipinski definition) is 6. The maximum Gasteiger partial charge on any atom is 0.307 e. The summed E-state index contributed by atoms with van der Waals surface area (Å²) in [5.41, 5.74) is 2.53. The van der Waals surface area contributed by atoms with Crippen LogP contribution in [-0.4, -0.2) is 74.4 Å². The number of nitrogens with zero attached hydrogens (tertiary/aromatic N) is 5. The number of nitrogens with one attached hydrogen (secondary N) is 2. The van der Waals surface area contributed by atoms with Crippen LogP contribution in [0.25, 0.3) is 0 Å². The van der Waals surface area contributed by atoms with Crippen LogP contribution >= 0.6 is 0 Å². The summed E-state index contributed by atoms with van der Waals surface area (Å²) in [6.45, 7) is 16.7. The van der Waals surface area contributed by atoms with Crippen LogP contribution in [0, 0.1) is 0 Å². The van der Waals surface area contributed by atoms with Crippen molar-refractivity contribution >= 4 is 5.97 Å². The highest BCUT2D eigenvalue weighted by molar-refractivity contribution is 5.69. The van der Waals surface area contributed by atoms with E-state index >= 15 is 0 Å². The van der Waals surface area contributed by atoms with Gasteiger partial charge in [-0.15, -0.1) is 0 Å². The second-order valence-electron chi connectivity index (χ2n) is 11.6. The highest BCUT2D eigenvalue weighted by Gasteiger charge is 2.16. The zero-order valence-electron chi connectivity index (χ0n) is 26.6. The summed E-state index contributed by atoms with van der Waals surface area (Å²) in [6, 6.07) is 8.94. The van der Waals surface area contributed by atoms with Crippen molar-refractivity contribution in [1.82, 2.24) is 29.7 Å². The Morgan fingerprint density at radius 1 is 0.833 bits per heavy atom. The van der Waals surface area contributed by atoms with Gasteiger partial charge < -0.3 is 14.6 Å². The summed E-state index contributed by atoms with van der Waals surface area (Å²) in [6.07, 6.45) is 12.7. The van der Waals surface area contributed by atoms with Crippen LogP contribution in [0.1, 0.15) is 82.6 Å². The predicted octanol–water partition coefficient (Wildman–Crippen LogP) is 4.81. The van der Waals surface area contributed by atoms with Crippen molar-refractivity contribution in [2.75, 3.05) is 32.7 Å². The van der Waals surface area contributed by atoms with E-state index in [0.717, 1.165) is 57.3 Å². The first-order valence-electron chi connectivity index (χ1n) is 15.8. The van der Waals surface area contributed by atoms with Crippen molar-refractivity contribution in [2.24, 2.45) is 7.05 Å². The monoisotopic (exact) mass is 580 g/mol. The topological polar surface area (TPSA) is 84.4 Å². The molecule has 0 aliphatic carbocycles. The lowest BCUT2D eigenvalue weighted by atomic mass is 10.1. The number of hydrogen-bond donors (Lipinski definition) is 2. The van der Waals surface area contributed by atoms with Crippen LogP contribution in [-0.2, 0) is 42.8 Å². The number of rotatable bonds is 21. The van der Waals surface area contributed by atoms with Gasteiger partial charge in [0.05, 0.1) is 26.1 Å². The van der Waals surface area contributed by atoms with Crippen LogP contribution in [0.5, 0.6) is 0 Å². The molecular weight excluding hydrogens is 526 g/mol. The van der Waals surface area contributed by atoms with Crippen molar-refractivity contribution in [3.63, 3.8) is 0 Å². The number of ether oxygens (including phenoxy) is 1. The highest BCUT2D eigenvalue weighted by atomic mass is 16.5. The van der Waals surface area contributed by atoms with Gasteiger partial charge >= 0.3 is 5.97 Å². The minimum atomic E-state index is -0.116. The molecule has 0 saturated heterocycles. The Hall–Kier alpha value is -3.01. The number of H-pyrrole nitrogens is 2. The van der Waals surface area contributed by atoms with Crippen LogP contribution in [0.4, 0.5) is 0 Å². The predicted molar refractivity (Wildman–Crippen MR) is 167 cm³/mol. The van der Waals surface area contributed by atoms with E-state index < -0.39 is 0 Å². The molecule has 1 aromatic carbocycles. The smallest absolute Gasteiger partial charge is 0.307 e. The quantitative estimate of drug-likeness (QED) is 0.107. The van der Waals surface area contributed by atoms with Crippen molar-refractivity contribution in [2.45, 2.75) is 92.1 Å². The van der Waals surface area contributed by atoms with Gasteiger partial charge in [-0.1, -0.05) is 38.1 Å². The lowest BCUT2D eigenvalue weighted by molar-refractivity contribution is -0.679. The summed E-state index contributed by atoms with van der Waals surface area (Å²) in [4.78, 5) is 30.7. The maximum atomic E-state index is 12.3. The van der Waals surface area contributed by atoms with E-state index in [1.165, 1.54) is 43.5 Å². The first-order valence-corrected chi connectivity index (χ1v) is 15.8. The Balaban J connectivity index is 1.59. The van der Waals surface area contributed by atoms with Gasteiger partial charge in [-0.2, -0.15) is 0 Å². The Morgan fingerprint density at radius 3 is 2.02 bits per heavy atom. The Bertz CT molecular complexity index is 1120. The van der Waals surface area contributed by atoms with Gasteiger partial charge in [-0.05, 0) is 76.8 Å². The first-order chi connectivity index (χ1) is 20.4. The molecule has 0 atom stereocenters. The van der Waals surface area contributed by atoms with Crippen molar-refractivity contribution < 1.29 is 14.1 Å².